The third-order valence-electron chi connectivity index (χ3n) is 1.25. The van der Waals surface area contributed by atoms with Crippen molar-refractivity contribution in [1.82, 2.24) is 4.90 Å². The lowest BCUT2D eigenvalue weighted by molar-refractivity contribution is -0.128. The summed E-state index contributed by atoms with van der Waals surface area (Å²) in [7, 11) is 3.43. The van der Waals surface area contributed by atoms with Crippen molar-refractivity contribution in [2.45, 2.75) is 25.1 Å². The highest BCUT2D eigenvalue weighted by molar-refractivity contribution is 6.30. The standard InChI is InChI=1S/C7H14ClNO/c1-4-5-6(8)7(10)9(2)3/h6H,4-5H2,1-3H3. The molecule has 1 atom stereocenters. The van der Waals surface area contributed by atoms with Crippen LogP contribution in [0.3, 0.4) is 0 Å². The van der Waals surface area contributed by atoms with Crippen LogP contribution in [0.1, 0.15) is 19.8 Å². The maximum absolute atomic E-state index is 11.0. The molecule has 0 fully saturated rings. The molecule has 0 spiro atoms. The average molecular weight is 164 g/mol. The molecule has 0 aromatic heterocycles. The van der Waals surface area contributed by atoms with Gasteiger partial charge in [0.05, 0.1) is 0 Å². The molecule has 0 saturated carbocycles. The maximum Gasteiger partial charge on any atom is 0.240 e. The van der Waals surface area contributed by atoms with Crippen LogP contribution in [0, 0.1) is 0 Å². The van der Waals surface area contributed by atoms with Crippen molar-refractivity contribution in [3.05, 3.63) is 0 Å². The molecule has 0 rings (SSSR count). The van der Waals surface area contributed by atoms with Crippen molar-refractivity contribution < 1.29 is 4.79 Å². The number of alkyl halides is 1. The number of nitrogens with zero attached hydrogens (tertiary/aromatic N) is 1. The average Bonchev–Trinajstić information content (AvgIpc) is 1.87. The fourth-order valence-corrected chi connectivity index (χ4v) is 1.07. The van der Waals surface area contributed by atoms with Gasteiger partial charge in [0.2, 0.25) is 5.91 Å². The summed E-state index contributed by atoms with van der Waals surface area (Å²) in [5, 5.41) is -0.333. The van der Waals surface area contributed by atoms with Crippen LogP contribution in [-0.4, -0.2) is 30.3 Å². The van der Waals surface area contributed by atoms with E-state index in [1.54, 1.807) is 14.1 Å². The number of carbonyl (C=O) groups is 1. The molecule has 0 radical (unpaired) electrons. The smallest absolute Gasteiger partial charge is 0.240 e. The Balaban J connectivity index is 3.71. The molecule has 60 valence electrons. The Hall–Kier alpha value is -0.240. The molecule has 10 heavy (non-hydrogen) atoms. The van der Waals surface area contributed by atoms with Crippen LogP contribution in [-0.2, 0) is 4.79 Å². The first-order chi connectivity index (χ1) is 4.59. The summed E-state index contributed by atoms with van der Waals surface area (Å²) in [6.45, 7) is 2.01. The number of carbonyl (C=O) groups excluding carboxylic acids is 1. The number of hydrogen-bond donors (Lipinski definition) is 0. The normalized spacial score (nSPS) is 12.8. The summed E-state index contributed by atoms with van der Waals surface area (Å²) < 4.78 is 0. The monoisotopic (exact) mass is 163 g/mol. The maximum atomic E-state index is 11.0. The van der Waals surface area contributed by atoms with E-state index in [0.717, 1.165) is 12.8 Å². The van der Waals surface area contributed by atoms with Gasteiger partial charge in [-0.25, -0.2) is 0 Å². The number of halogens is 1. The highest BCUT2D eigenvalue weighted by Crippen LogP contribution is 2.06. The molecule has 0 aliphatic rings. The zero-order valence-electron chi connectivity index (χ0n) is 6.72. The van der Waals surface area contributed by atoms with Gasteiger partial charge in [-0.1, -0.05) is 13.3 Å². The highest BCUT2D eigenvalue weighted by Gasteiger charge is 2.14. The number of amides is 1. The largest absolute Gasteiger partial charge is 0.348 e. The first-order valence-electron chi connectivity index (χ1n) is 3.44. The first kappa shape index (κ1) is 9.76. The predicted molar refractivity (Wildman–Crippen MR) is 43.2 cm³/mol. The zero-order chi connectivity index (χ0) is 8.15. The van der Waals surface area contributed by atoms with Crippen LogP contribution in [0.25, 0.3) is 0 Å². The van der Waals surface area contributed by atoms with Gasteiger partial charge >= 0.3 is 0 Å². The minimum atomic E-state index is -0.333. The molecule has 0 heterocycles. The van der Waals surface area contributed by atoms with Crippen molar-refractivity contribution in [2.75, 3.05) is 14.1 Å². The Bertz CT molecular complexity index is 114. The van der Waals surface area contributed by atoms with E-state index in [4.69, 9.17) is 11.6 Å². The summed E-state index contributed by atoms with van der Waals surface area (Å²) in [4.78, 5) is 12.5. The van der Waals surface area contributed by atoms with Gasteiger partial charge in [-0.3, -0.25) is 4.79 Å². The molecule has 0 aliphatic carbocycles. The highest BCUT2D eigenvalue weighted by atomic mass is 35.5. The van der Waals surface area contributed by atoms with Crippen molar-refractivity contribution in [3.63, 3.8) is 0 Å². The van der Waals surface area contributed by atoms with Crippen molar-refractivity contribution in [2.24, 2.45) is 0 Å². The third-order valence-corrected chi connectivity index (χ3v) is 1.66. The van der Waals surface area contributed by atoms with Crippen molar-refractivity contribution in [3.8, 4) is 0 Å². The van der Waals surface area contributed by atoms with Gasteiger partial charge in [-0.05, 0) is 6.42 Å². The van der Waals surface area contributed by atoms with Crippen LogP contribution < -0.4 is 0 Å². The van der Waals surface area contributed by atoms with E-state index in [9.17, 15) is 4.79 Å². The molecule has 1 amide bonds. The molecule has 2 nitrogen and oxygen atoms in total. The van der Waals surface area contributed by atoms with Gasteiger partial charge in [0.25, 0.3) is 0 Å². The molecular weight excluding hydrogens is 150 g/mol. The van der Waals surface area contributed by atoms with Gasteiger partial charge in [0.1, 0.15) is 5.38 Å². The zero-order valence-corrected chi connectivity index (χ0v) is 7.48. The van der Waals surface area contributed by atoms with Gasteiger partial charge in [0, 0.05) is 14.1 Å². The van der Waals surface area contributed by atoms with Crippen LogP contribution in [0.15, 0.2) is 0 Å². The van der Waals surface area contributed by atoms with Crippen LogP contribution in [0.4, 0.5) is 0 Å². The second kappa shape index (κ2) is 4.56. The Morgan fingerprint density at radius 2 is 2.10 bits per heavy atom. The third kappa shape index (κ3) is 3.06. The molecule has 3 heteroatoms. The Labute approximate surface area is 67.2 Å². The second-order valence-corrected chi connectivity index (χ2v) is 3.02. The van der Waals surface area contributed by atoms with E-state index in [-0.39, 0.29) is 11.3 Å². The molecule has 0 bridgehead atoms. The van der Waals surface area contributed by atoms with E-state index in [2.05, 4.69) is 0 Å². The SMILES string of the molecule is CCCC(Cl)C(=O)N(C)C. The fourth-order valence-electron chi connectivity index (χ4n) is 0.657. The Morgan fingerprint density at radius 1 is 1.60 bits per heavy atom. The van der Waals surface area contributed by atoms with Crippen LogP contribution in [0.2, 0.25) is 0 Å². The lowest BCUT2D eigenvalue weighted by Gasteiger charge is -2.13. The van der Waals surface area contributed by atoms with Crippen LogP contribution >= 0.6 is 11.6 Å². The van der Waals surface area contributed by atoms with Gasteiger partial charge in [-0.2, -0.15) is 0 Å². The number of rotatable bonds is 3. The summed E-state index contributed by atoms with van der Waals surface area (Å²) in [6, 6.07) is 0. The van der Waals surface area contributed by atoms with Crippen molar-refractivity contribution >= 4 is 17.5 Å². The summed E-state index contributed by atoms with van der Waals surface area (Å²) in [6.07, 6.45) is 1.71. The second-order valence-electron chi connectivity index (χ2n) is 2.49. The topological polar surface area (TPSA) is 20.3 Å². The summed E-state index contributed by atoms with van der Waals surface area (Å²) in [5.74, 6) is 0.00326. The quantitative estimate of drug-likeness (QED) is 0.578. The molecule has 0 aromatic carbocycles. The molecule has 1 unspecified atom stereocenters. The van der Waals surface area contributed by atoms with E-state index in [1.807, 2.05) is 6.92 Å². The Morgan fingerprint density at radius 3 is 2.40 bits per heavy atom. The summed E-state index contributed by atoms with van der Waals surface area (Å²) in [5.41, 5.74) is 0. The minimum absolute atomic E-state index is 0.00326. The number of hydrogen-bond acceptors (Lipinski definition) is 1. The van der Waals surface area contributed by atoms with E-state index in [0.29, 0.717) is 0 Å². The van der Waals surface area contributed by atoms with Gasteiger partial charge in [-0.15, -0.1) is 11.6 Å². The molecule has 0 aromatic rings. The predicted octanol–water partition coefficient (Wildman–Crippen LogP) is 1.48. The van der Waals surface area contributed by atoms with Gasteiger partial charge < -0.3 is 4.90 Å². The van der Waals surface area contributed by atoms with E-state index >= 15 is 0 Å². The minimum Gasteiger partial charge on any atom is -0.348 e. The fraction of sp³-hybridized carbons (Fsp3) is 0.857. The van der Waals surface area contributed by atoms with Crippen molar-refractivity contribution in [1.29, 1.82) is 0 Å². The van der Waals surface area contributed by atoms with E-state index < -0.39 is 0 Å². The lowest BCUT2D eigenvalue weighted by atomic mass is 10.2. The summed E-state index contributed by atoms with van der Waals surface area (Å²) >= 11 is 5.74. The molecular formula is C7H14ClNO. The lowest BCUT2D eigenvalue weighted by Crippen LogP contribution is -2.29. The van der Waals surface area contributed by atoms with E-state index in [1.165, 1.54) is 4.90 Å². The van der Waals surface area contributed by atoms with Gasteiger partial charge in [0.15, 0.2) is 0 Å². The Kier molecular flexibility index (Phi) is 4.45. The molecule has 0 saturated heterocycles. The molecule has 0 aliphatic heterocycles. The van der Waals surface area contributed by atoms with Crippen LogP contribution in [0.5, 0.6) is 0 Å². The molecule has 0 N–H and O–H groups in total. The first-order valence-corrected chi connectivity index (χ1v) is 3.88.